The zero-order valence-electron chi connectivity index (χ0n) is 12.8. The maximum Gasteiger partial charge on any atom is 0.240 e. The van der Waals surface area contributed by atoms with Crippen molar-refractivity contribution in [3.63, 3.8) is 0 Å². The number of hydrogen-bond acceptors (Lipinski definition) is 4. The van der Waals surface area contributed by atoms with Gasteiger partial charge in [-0.05, 0) is 32.4 Å². The Kier molecular flexibility index (Phi) is 4.96. The molecule has 2 rings (SSSR count). The van der Waals surface area contributed by atoms with E-state index in [1.54, 1.807) is 18.3 Å². The molecule has 4 nitrogen and oxygen atoms in total. The maximum absolute atomic E-state index is 12.2. The molecule has 1 aromatic heterocycles. The van der Waals surface area contributed by atoms with Crippen molar-refractivity contribution in [1.29, 1.82) is 0 Å². The number of nitrogens with two attached hydrogens (primary N) is 1. The molecule has 1 aromatic carbocycles. The minimum absolute atomic E-state index is 0.0257. The summed E-state index contributed by atoms with van der Waals surface area (Å²) in [4.78, 5) is 16.8. The van der Waals surface area contributed by atoms with E-state index in [4.69, 9.17) is 5.73 Å². The Bertz CT molecular complexity index is 588. The summed E-state index contributed by atoms with van der Waals surface area (Å²) in [6, 6.07) is 8.11. The third kappa shape index (κ3) is 4.02. The Morgan fingerprint density at radius 2 is 2.19 bits per heavy atom. The Morgan fingerprint density at radius 3 is 2.86 bits per heavy atom. The maximum atomic E-state index is 12.2. The molecule has 0 spiro atoms. The van der Waals surface area contributed by atoms with Gasteiger partial charge in [0.15, 0.2) is 0 Å². The largest absolute Gasteiger partial charge is 0.352 e. The van der Waals surface area contributed by atoms with Gasteiger partial charge in [-0.25, -0.2) is 4.98 Å². The van der Waals surface area contributed by atoms with Gasteiger partial charge in [0.05, 0.1) is 20.8 Å². The molecule has 1 heterocycles. The predicted octanol–water partition coefficient (Wildman–Crippen LogP) is 2.86. The molecule has 5 heteroatoms. The zero-order chi connectivity index (χ0) is 15.5. The second kappa shape index (κ2) is 6.54. The molecule has 0 aliphatic carbocycles. The van der Waals surface area contributed by atoms with Crippen LogP contribution in [0.4, 0.5) is 0 Å². The van der Waals surface area contributed by atoms with E-state index in [0.29, 0.717) is 6.42 Å². The number of hydrogen-bond donors (Lipinski definition) is 2. The van der Waals surface area contributed by atoms with E-state index in [2.05, 4.69) is 16.4 Å². The van der Waals surface area contributed by atoms with Crippen LogP contribution < -0.4 is 11.1 Å². The van der Waals surface area contributed by atoms with Crippen LogP contribution >= 0.6 is 11.3 Å². The van der Waals surface area contributed by atoms with Gasteiger partial charge in [0.1, 0.15) is 0 Å². The van der Waals surface area contributed by atoms with Gasteiger partial charge in [-0.2, -0.15) is 0 Å². The van der Waals surface area contributed by atoms with Crippen LogP contribution in [0.25, 0.3) is 10.2 Å². The second-order valence-corrected chi connectivity index (χ2v) is 6.94. The van der Waals surface area contributed by atoms with Crippen molar-refractivity contribution in [2.45, 2.75) is 51.6 Å². The minimum atomic E-state index is -0.795. The molecule has 2 unspecified atom stereocenters. The average Bonchev–Trinajstić information content (AvgIpc) is 2.80. The number of nitrogens with zero attached hydrogens (tertiary/aromatic N) is 1. The van der Waals surface area contributed by atoms with Crippen molar-refractivity contribution >= 4 is 27.5 Å². The zero-order valence-corrected chi connectivity index (χ0v) is 13.7. The summed E-state index contributed by atoms with van der Waals surface area (Å²) < 4.78 is 1.18. The van der Waals surface area contributed by atoms with Crippen LogP contribution in [0.2, 0.25) is 0 Å². The van der Waals surface area contributed by atoms with Crippen LogP contribution in [0.15, 0.2) is 24.3 Å². The predicted molar refractivity (Wildman–Crippen MR) is 88.4 cm³/mol. The van der Waals surface area contributed by atoms with Crippen LogP contribution in [0.5, 0.6) is 0 Å². The van der Waals surface area contributed by atoms with Crippen LogP contribution in [0, 0.1) is 0 Å². The number of aromatic nitrogens is 1. The first-order chi connectivity index (χ1) is 9.92. The second-order valence-electron chi connectivity index (χ2n) is 5.82. The summed E-state index contributed by atoms with van der Waals surface area (Å²) in [6.45, 7) is 5.81. The number of benzene rings is 1. The molecule has 114 valence electrons. The van der Waals surface area contributed by atoms with Crippen molar-refractivity contribution in [3.8, 4) is 0 Å². The number of amides is 1. The van der Waals surface area contributed by atoms with Gasteiger partial charge in [0.25, 0.3) is 0 Å². The molecule has 21 heavy (non-hydrogen) atoms. The molecule has 0 saturated heterocycles. The Morgan fingerprint density at radius 1 is 1.48 bits per heavy atom. The summed E-state index contributed by atoms with van der Waals surface area (Å²) in [7, 11) is 0. The summed E-state index contributed by atoms with van der Waals surface area (Å²) >= 11 is 1.68. The normalized spacial score (nSPS) is 15.6. The fourth-order valence-electron chi connectivity index (χ4n) is 2.34. The number of nitrogens with one attached hydrogen (secondary N) is 1. The van der Waals surface area contributed by atoms with Crippen molar-refractivity contribution in [3.05, 3.63) is 29.3 Å². The quantitative estimate of drug-likeness (QED) is 0.862. The van der Waals surface area contributed by atoms with E-state index in [1.165, 1.54) is 4.70 Å². The van der Waals surface area contributed by atoms with Crippen LogP contribution in [0.1, 0.15) is 38.6 Å². The lowest BCUT2D eigenvalue weighted by Gasteiger charge is -2.25. The molecule has 2 atom stereocenters. The highest BCUT2D eigenvalue weighted by Crippen LogP contribution is 2.22. The van der Waals surface area contributed by atoms with Crippen molar-refractivity contribution in [2.75, 3.05) is 0 Å². The third-order valence-corrected chi connectivity index (χ3v) is 4.54. The van der Waals surface area contributed by atoms with E-state index >= 15 is 0 Å². The van der Waals surface area contributed by atoms with E-state index in [9.17, 15) is 4.79 Å². The van der Waals surface area contributed by atoms with Crippen molar-refractivity contribution < 1.29 is 4.79 Å². The third-order valence-electron chi connectivity index (χ3n) is 3.48. The number of fused-ring (bicyclic) bond motifs is 1. The molecule has 0 bridgehead atoms. The topological polar surface area (TPSA) is 68.0 Å². The molecular formula is C16H23N3OS. The first-order valence-electron chi connectivity index (χ1n) is 7.36. The number of para-hydroxylation sites is 1. The van der Waals surface area contributed by atoms with E-state index in [0.717, 1.165) is 23.4 Å². The highest BCUT2D eigenvalue weighted by molar-refractivity contribution is 7.18. The highest BCUT2D eigenvalue weighted by atomic mass is 32.1. The lowest BCUT2D eigenvalue weighted by Crippen LogP contribution is -2.53. The molecule has 0 saturated carbocycles. The van der Waals surface area contributed by atoms with Gasteiger partial charge in [-0.15, -0.1) is 11.3 Å². The Labute approximate surface area is 129 Å². The SMILES string of the molecule is CCCC(C)(N)C(=O)NC(C)Cc1nc2ccccc2s1. The smallest absolute Gasteiger partial charge is 0.240 e. The highest BCUT2D eigenvalue weighted by Gasteiger charge is 2.28. The summed E-state index contributed by atoms with van der Waals surface area (Å²) in [5.74, 6) is -0.0852. The standard InChI is InChI=1S/C16H23N3OS/c1-4-9-16(3,17)15(20)18-11(2)10-14-19-12-7-5-6-8-13(12)21-14/h5-8,11H,4,9-10,17H2,1-3H3,(H,18,20). The molecule has 0 aliphatic rings. The van der Waals surface area contributed by atoms with E-state index in [1.807, 2.05) is 32.0 Å². The van der Waals surface area contributed by atoms with Gasteiger partial charge in [-0.1, -0.05) is 25.5 Å². The minimum Gasteiger partial charge on any atom is -0.352 e. The molecule has 3 N–H and O–H groups in total. The lowest BCUT2D eigenvalue weighted by molar-refractivity contribution is -0.126. The Balaban J connectivity index is 1.98. The number of thiazole rings is 1. The van der Waals surface area contributed by atoms with E-state index < -0.39 is 5.54 Å². The van der Waals surface area contributed by atoms with Gasteiger partial charge in [-0.3, -0.25) is 4.79 Å². The molecule has 0 radical (unpaired) electrons. The molecule has 0 aliphatic heterocycles. The van der Waals surface area contributed by atoms with Crippen molar-refractivity contribution in [2.24, 2.45) is 5.73 Å². The van der Waals surface area contributed by atoms with Gasteiger partial charge in [0, 0.05) is 12.5 Å². The van der Waals surface area contributed by atoms with Gasteiger partial charge < -0.3 is 11.1 Å². The summed E-state index contributed by atoms with van der Waals surface area (Å²) in [5, 5.41) is 4.04. The van der Waals surface area contributed by atoms with Crippen molar-refractivity contribution in [1.82, 2.24) is 10.3 Å². The summed E-state index contributed by atoms with van der Waals surface area (Å²) in [5.41, 5.74) is 6.27. The van der Waals surface area contributed by atoms with Crippen LogP contribution in [-0.2, 0) is 11.2 Å². The first kappa shape index (κ1) is 15.9. The first-order valence-corrected chi connectivity index (χ1v) is 8.18. The molecule has 1 amide bonds. The van der Waals surface area contributed by atoms with Gasteiger partial charge >= 0.3 is 0 Å². The number of rotatable bonds is 6. The average molecular weight is 305 g/mol. The molecular weight excluding hydrogens is 282 g/mol. The van der Waals surface area contributed by atoms with Gasteiger partial charge in [0.2, 0.25) is 5.91 Å². The fraction of sp³-hybridized carbons (Fsp3) is 0.500. The number of carbonyl (C=O) groups excluding carboxylic acids is 1. The van der Waals surface area contributed by atoms with E-state index in [-0.39, 0.29) is 11.9 Å². The Hall–Kier alpha value is -1.46. The lowest BCUT2D eigenvalue weighted by atomic mass is 9.96. The van der Waals surface area contributed by atoms with Crippen LogP contribution in [0.3, 0.4) is 0 Å². The monoisotopic (exact) mass is 305 g/mol. The van der Waals surface area contributed by atoms with Crippen LogP contribution in [-0.4, -0.2) is 22.5 Å². The number of carbonyl (C=O) groups is 1. The fourth-order valence-corrected chi connectivity index (χ4v) is 3.44. The molecule has 0 fully saturated rings. The summed E-state index contributed by atoms with van der Waals surface area (Å²) in [6.07, 6.45) is 2.31. The molecule has 2 aromatic rings.